The Bertz CT molecular complexity index is 1490. The van der Waals surface area contributed by atoms with Crippen molar-refractivity contribution in [1.29, 1.82) is 0 Å². The van der Waals surface area contributed by atoms with E-state index in [9.17, 15) is 0 Å². The number of nitrogens with two attached hydrogens (primary N) is 1. The summed E-state index contributed by atoms with van der Waals surface area (Å²) in [6, 6.07) is 23.5. The molecule has 0 atom stereocenters. The first-order valence-electron chi connectivity index (χ1n) is 12.4. The molecule has 2 N–H and O–H groups in total. The van der Waals surface area contributed by atoms with E-state index in [1.807, 2.05) is 23.1 Å². The number of hydrogen-bond donors (Lipinski definition) is 1. The van der Waals surface area contributed by atoms with Gasteiger partial charge in [-0.1, -0.05) is 61.5 Å². The summed E-state index contributed by atoms with van der Waals surface area (Å²) in [7, 11) is 0. The molecule has 1 aliphatic rings. The third-order valence-corrected chi connectivity index (χ3v) is 7.15. The summed E-state index contributed by atoms with van der Waals surface area (Å²) in [5, 5.41) is 5.53. The van der Waals surface area contributed by atoms with Crippen molar-refractivity contribution in [3.8, 4) is 33.6 Å². The van der Waals surface area contributed by atoms with Crippen LogP contribution in [0.4, 0.5) is 0 Å². The van der Waals surface area contributed by atoms with Crippen LogP contribution in [0.25, 0.3) is 44.5 Å². The third-order valence-electron chi connectivity index (χ3n) is 7.15. The lowest BCUT2D eigenvalue weighted by Gasteiger charge is -2.38. The SMILES string of the molecule is CCCn1cc(-c2cc3cc(-c4ccccc4)c(-c4ccc(C5(N)CCC5)cc4)nc3cn2)cn1.Cl.Cl. The molecule has 0 aliphatic heterocycles. The molecule has 0 radical (unpaired) electrons. The fourth-order valence-electron chi connectivity index (χ4n) is 4.95. The van der Waals surface area contributed by atoms with E-state index in [0.717, 1.165) is 70.4 Å². The van der Waals surface area contributed by atoms with Gasteiger partial charge in [-0.05, 0) is 48.9 Å². The van der Waals surface area contributed by atoms with Crippen LogP contribution in [0, 0.1) is 0 Å². The molecule has 190 valence electrons. The lowest BCUT2D eigenvalue weighted by atomic mass is 9.72. The van der Waals surface area contributed by atoms with Crippen LogP contribution in [0.5, 0.6) is 0 Å². The van der Waals surface area contributed by atoms with E-state index < -0.39 is 0 Å². The fraction of sp³-hybridized carbons (Fsp3) is 0.233. The highest BCUT2D eigenvalue weighted by atomic mass is 35.5. The van der Waals surface area contributed by atoms with E-state index >= 15 is 0 Å². The van der Waals surface area contributed by atoms with Crippen LogP contribution in [0.3, 0.4) is 0 Å². The van der Waals surface area contributed by atoms with E-state index in [1.54, 1.807) is 0 Å². The molecule has 2 aromatic carbocycles. The van der Waals surface area contributed by atoms with Gasteiger partial charge in [-0.3, -0.25) is 9.67 Å². The summed E-state index contributed by atoms with van der Waals surface area (Å²) < 4.78 is 1.97. The predicted molar refractivity (Wildman–Crippen MR) is 156 cm³/mol. The normalized spacial score (nSPS) is 13.9. The molecular formula is C30H31Cl2N5. The molecule has 1 aliphatic carbocycles. The molecule has 0 spiro atoms. The van der Waals surface area contributed by atoms with E-state index in [4.69, 9.17) is 15.7 Å². The molecule has 37 heavy (non-hydrogen) atoms. The lowest BCUT2D eigenvalue weighted by Crippen LogP contribution is -2.43. The summed E-state index contributed by atoms with van der Waals surface area (Å²) in [5.74, 6) is 0. The molecule has 5 aromatic rings. The molecule has 5 nitrogen and oxygen atoms in total. The zero-order valence-electron chi connectivity index (χ0n) is 20.8. The van der Waals surface area contributed by atoms with Crippen molar-refractivity contribution in [1.82, 2.24) is 19.7 Å². The van der Waals surface area contributed by atoms with Crippen LogP contribution in [-0.4, -0.2) is 19.7 Å². The van der Waals surface area contributed by atoms with Gasteiger partial charge in [-0.15, -0.1) is 24.8 Å². The second kappa shape index (κ2) is 11.0. The maximum Gasteiger partial charge on any atom is 0.0893 e. The second-order valence-corrected chi connectivity index (χ2v) is 9.59. The maximum atomic E-state index is 6.56. The number of aromatic nitrogens is 4. The maximum absolute atomic E-state index is 6.56. The van der Waals surface area contributed by atoms with Crippen LogP contribution in [0.15, 0.2) is 85.3 Å². The number of aryl methyl sites for hydroxylation is 1. The smallest absolute Gasteiger partial charge is 0.0893 e. The summed E-state index contributed by atoms with van der Waals surface area (Å²) in [6.45, 7) is 3.06. The zero-order chi connectivity index (χ0) is 23.8. The molecule has 0 unspecified atom stereocenters. The molecule has 3 aromatic heterocycles. The average molecular weight is 533 g/mol. The third kappa shape index (κ3) is 5.12. The topological polar surface area (TPSA) is 69.6 Å². The van der Waals surface area contributed by atoms with Gasteiger partial charge in [0.2, 0.25) is 0 Å². The highest BCUT2D eigenvalue weighted by molar-refractivity contribution is 5.92. The van der Waals surface area contributed by atoms with E-state index in [2.05, 4.69) is 78.9 Å². The van der Waals surface area contributed by atoms with Gasteiger partial charge in [-0.25, -0.2) is 4.98 Å². The first kappa shape index (κ1) is 26.8. The zero-order valence-corrected chi connectivity index (χ0v) is 22.4. The number of pyridine rings is 2. The minimum absolute atomic E-state index is 0. The molecule has 3 heterocycles. The van der Waals surface area contributed by atoms with Crippen molar-refractivity contribution < 1.29 is 0 Å². The monoisotopic (exact) mass is 531 g/mol. The fourth-order valence-corrected chi connectivity index (χ4v) is 4.95. The van der Waals surface area contributed by atoms with Crippen LogP contribution in [0.1, 0.15) is 38.2 Å². The van der Waals surface area contributed by atoms with Crippen molar-refractivity contribution >= 4 is 35.7 Å². The Labute approximate surface area is 230 Å². The molecule has 7 heteroatoms. The van der Waals surface area contributed by atoms with Gasteiger partial charge < -0.3 is 5.73 Å². The summed E-state index contributed by atoms with van der Waals surface area (Å²) >= 11 is 0. The Morgan fingerprint density at radius 3 is 2.32 bits per heavy atom. The number of benzene rings is 2. The lowest BCUT2D eigenvalue weighted by molar-refractivity contribution is 0.253. The molecule has 1 fully saturated rings. The average Bonchev–Trinajstić information content (AvgIpc) is 3.36. The molecule has 1 saturated carbocycles. The van der Waals surface area contributed by atoms with E-state index in [-0.39, 0.29) is 30.4 Å². The Kier molecular flexibility index (Phi) is 7.98. The number of fused-ring (bicyclic) bond motifs is 1. The van der Waals surface area contributed by atoms with Gasteiger partial charge in [0.25, 0.3) is 0 Å². The van der Waals surface area contributed by atoms with Crippen molar-refractivity contribution in [2.45, 2.75) is 44.7 Å². The summed E-state index contributed by atoms with van der Waals surface area (Å²) in [4.78, 5) is 9.82. The van der Waals surface area contributed by atoms with E-state index in [1.165, 1.54) is 12.0 Å². The van der Waals surface area contributed by atoms with Gasteiger partial charge in [0.1, 0.15) is 0 Å². The Morgan fingerprint density at radius 2 is 1.65 bits per heavy atom. The van der Waals surface area contributed by atoms with Crippen molar-refractivity contribution in [3.05, 3.63) is 90.9 Å². The highest BCUT2D eigenvalue weighted by Gasteiger charge is 2.34. The van der Waals surface area contributed by atoms with Crippen LogP contribution in [-0.2, 0) is 12.1 Å². The van der Waals surface area contributed by atoms with Crippen LogP contribution in [0.2, 0.25) is 0 Å². The number of nitrogens with zero attached hydrogens (tertiary/aromatic N) is 4. The first-order chi connectivity index (χ1) is 17.1. The van der Waals surface area contributed by atoms with Crippen molar-refractivity contribution in [2.75, 3.05) is 0 Å². The molecule has 6 rings (SSSR count). The first-order valence-corrected chi connectivity index (χ1v) is 12.4. The van der Waals surface area contributed by atoms with Gasteiger partial charge >= 0.3 is 0 Å². The van der Waals surface area contributed by atoms with Gasteiger partial charge in [-0.2, -0.15) is 5.10 Å². The number of rotatable bonds is 6. The molecule has 0 saturated heterocycles. The second-order valence-electron chi connectivity index (χ2n) is 9.59. The van der Waals surface area contributed by atoms with Crippen LogP contribution >= 0.6 is 24.8 Å². The van der Waals surface area contributed by atoms with Crippen molar-refractivity contribution in [2.24, 2.45) is 5.73 Å². The molecular weight excluding hydrogens is 501 g/mol. The largest absolute Gasteiger partial charge is 0.321 e. The standard InChI is InChI=1S/C30H29N5.2ClH/c1-2-15-35-20-24(18-33-35)27-17-23-16-26(21-7-4-3-5-8-21)29(34-28(23)19-32-27)22-9-11-25(12-10-22)30(31)13-6-14-30;;/h3-5,7-12,16-20H,2,6,13-15,31H2,1H3;2*1H. The number of hydrogen-bond acceptors (Lipinski definition) is 4. The molecule has 0 amide bonds. The Balaban J connectivity index is 0.00000160. The summed E-state index contributed by atoms with van der Waals surface area (Å²) in [5.41, 5.74) is 14.7. The quantitative estimate of drug-likeness (QED) is 0.247. The number of halogens is 2. The van der Waals surface area contributed by atoms with Crippen LogP contribution < -0.4 is 5.73 Å². The van der Waals surface area contributed by atoms with E-state index in [0.29, 0.717) is 0 Å². The van der Waals surface area contributed by atoms with Gasteiger partial charge in [0.05, 0.1) is 29.3 Å². The summed E-state index contributed by atoms with van der Waals surface area (Å²) in [6.07, 6.45) is 10.2. The van der Waals surface area contributed by atoms with Gasteiger partial charge in [0.15, 0.2) is 0 Å². The highest BCUT2D eigenvalue weighted by Crippen LogP contribution is 2.40. The predicted octanol–water partition coefficient (Wildman–Crippen LogP) is 7.42. The minimum Gasteiger partial charge on any atom is -0.321 e. The Hall–Kier alpha value is -3.25. The molecule has 0 bridgehead atoms. The minimum atomic E-state index is -0.164. The van der Waals surface area contributed by atoms with Crippen molar-refractivity contribution in [3.63, 3.8) is 0 Å². The Morgan fingerprint density at radius 1 is 0.892 bits per heavy atom. The van der Waals surface area contributed by atoms with Gasteiger partial charge in [0, 0.05) is 40.4 Å².